The Kier molecular flexibility index (Phi) is 4.72. The number of anilines is 1. The summed E-state index contributed by atoms with van der Waals surface area (Å²) in [6.07, 6.45) is 3.25. The molecule has 5 nitrogen and oxygen atoms in total. The fourth-order valence-electron chi connectivity index (χ4n) is 2.93. The van der Waals surface area contributed by atoms with E-state index in [9.17, 15) is 8.78 Å². The summed E-state index contributed by atoms with van der Waals surface area (Å²) in [5, 5.41) is 8.20. The van der Waals surface area contributed by atoms with Crippen LogP contribution in [0.2, 0.25) is 10.0 Å². The minimum Gasteiger partial charge on any atom is -0.434 e. The van der Waals surface area contributed by atoms with Gasteiger partial charge in [-0.1, -0.05) is 35.3 Å². The molecule has 1 N–H and O–H groups in total. The highest BCUT2D eigenvalue weighted by Gasteiger charge is 2.25. The molecule has 9 heteroatoms. The van der Waals surface area contributed by atoms with Gasteiger partial charge >= 0.3 is 6.61 Å². The molecule has 0 saturated carbocycles. The van der Waals surface area contributed by atoms with Crippen molar-refractivity contribution in [2.75, 3.05) is 5.32 Å². The van der Waals surface area contributed by atoms with Gasteiger partial charge in [-0.2, -0.15) is 18.9 Å². The van der Waals surface area contributed by atoms with Crippen molar-refractivity contribution >= 4 is 34.8 Å². The second kappa shape index (κ2) is 7.17. The van der Waals surface area contributed by atoms with Crippen LogP contribution in [0.5, 0.6) is 5.75 Å². The molecular weight excluding hydrogens is 397 g/mol. The molecule has 0 fully saturated rings. The summed E-state index contributed by atoms with van der Waals surface area (Å²) in [6, 6.07) is 11.6. The Hall–Kier alpha value is -2.64. The molecule has 0 unspecified atom stereocenters. The normalized spacial score (nSPS) is 15.9. The van der Waals surface area contributed by atoms with E-state index in [0.29, 0.717) is 27.3 Å². The van der Waals surface area contributed by atoms with Crippen molar-refractivity contribution in [3.8, 4) is 5.75 Å². The first-order valence-corrected chi connectivity index (χ1v) is 8.65. The second-order valence-corrected chi connectivity index (χ2v) is 6.63. The lowest BCUT2D eigenvalue weighted by Crippen LogP contribution is -2.20. The summed E-state index contributed by atoms with van der Waals surface area (Å²) in [7, 11) is 0. The number of hydrogen-bond acceptors (Lipinski definition) is 4. The molecule has 0 spiro atoms. The fourth-order valence-corrected chi connectivity index (χ4v) is 3.29. The number of aromatic nitrogens is 3. The van der Waals surface area contributed by atoms with Gasteiger partial charge in [0.05, 0.1) is 5.70 Å². The van der Waals surface area contributed by atoms with Gasteiger partial charge in [-0.05, 0) is 42.0 Å². The third kappa shape index (κ3) is 3.61. The lowest BCUT2D eigenvalue weighted by atomic mass is 10.0. The molecule has 138 valence electrons. The van der Waals surface area contributed by atoms with Crippen molar-refractivity contribution in [2.45, 2.75) is 12.7 Å². The zero-order chi connectivity index (χ0) is 19.0. The molecule has 1 atom stereocenters. The molecular formula is C18H12Cl2F2N4O. The summed E-state index contributed by atoms with van der Waals surface area (Å²) in [5.41, 5.74) is 1.85. The van der Waals surface area contributed by atoms with Gasteiger partial charge in [0.25, 0.3) is 0 Å². The quantitative estimate of drug-likeness (QED) is 0.640. The largest absolute Gasteiger partial charge is 0.434 e. The van der Waals surface area contributed by atoms with E-state index in [1.54, 1.807) is 22.9 Å². The number of allylic oxidation sites excluding steroid dienone is 1. The molecule has 1 aromatic heterocycles. The number of halogens is 4. The third-order valence-electron chi connectivity index (χ3n) is 4.05. The van der Waals surface area contributed by atoms with Crippen molar-refractivity contribution in [3.05, 3.63) is 76.0 Å². The van der Waals surface area contributed by atoms with Crippen molar-refractivity contribution in [1.29, 1.82) is 0 Å². The Morgan fingerprint density at radius 3 is 2.70 bits per heavy atom. The first-order chi connectivity index (χ1) is 13.0. The van der Waals surface area contributed by atoms with Gasteiger partial charge in [0.15, 0.2) is 0 Å². The van der Waals surface area contributed by atoms with Crippen LogP contribution < -0.4 is 10.1 Å². The van der Waals surface area contributed by atoms with E-state index in [0.717, 1.165) is 5.56 Å². The van der Waals surface area contributed by atoms with Crippen LogP contribution in [0.15, 0.2) is 54.9 Å². The van der Waals surface area contributed by atoms with E-state index >= 15 is 0 Å². The lowest BCUT2D eigenvalue weighted by molar-refractivity contribution is -0.0500. The summed E-state index contributed by atoms with van der Waals surface area (Å²) in [5.74, 6) is 0.435. The average molecular weight is 409 g/mol. The second-order valence-electron chi connectivity index (χ2n) is 5.75. The smallest absolute Gasteiger partial charge is 0.387 e. The predicted molar refractivity (Wildman–Crippen MR) is 99.3 cm³/mol. The maximum absolute atomic E-state index is 12.8. The van der Waals surface area contributed by atoms with Crippen LogP contribution in [0.3, 0.4) is 0 Å². The minimum atomic E-state index is -2.97. The molecule has 0 bridgehead atoms. The van der Waals surface area contributed by atoms with Crippen LogP contribution in [0.4, 0.5) is 14.7 Å². The molecule has 1 aliphatic heterocycles. The van der Waals surface area contributed by atoms with Crippen molar-refractivity contribution in [2.24, 2.45) is 0 Å². The van der Waals surface area contributed by atoms with Crippen LogP contribution in [-0.4, -0.2) is 21.4 Å². The van der Waals surface area contributed by atoms with Crippen LogP contribution in [0, 0.1) is 0 Å². The van der Waals surface area contributed by atoms with E-state index in [4.69, 9.17) is 23.2 Å². The van der Waals surface area contributed by atoms with Gasteiger partial charge in [0.1, 0.15) is 18.1 Å². The first-order valence-electron chi connectivity index (χ1n) is 7.90. The molecule has 3 aromatic rings. The number of benzene rings is 2. The molecule has 0 radical (unpaired) electrons. The van der Waals surface area contributed by atoms with E-state index in [1.807, 2.05) is 24.3 Å². The standard InChI is InChI=1S/C18H12Cl2F2N4O/c19-11-3-1-2-10(6-11)15-8-14(25-18-23-9-24-26(15)18)13-5-4-12(20)7-16(13)27-17(21)22/h1-9,15,17H,(H,23,24,25)/t15-/m1/s1. The van der Waals surface area contributed by atoms with Crippen molar-refractivity contribution in [1.82, 2.24) is 14.8 Å². The maximum atomic E-state index is 12.8. The summed E-state index contributed by atoms with van der Waals surface area (Å²) >= 11 is 12.1. The average Bonchev–Trinajstić information content (AvgIpc) is 3.09. The van der Waals surface area contributed by atoms with Crippen molar-refractivity contribution < 1.29 is 13.5 Å². The number of rotatable bonds is 4. The van der Waals surface area contributed by atoms with E-state index in [-0.39, 0.29) is 11.8 Å². The number of hydrogen-bond donors (Lipinski definition) is 1. The first kappa shape index (κ1) is 17.8. The van der Waals surface area contributed by atoms with Gasteiger partial charge < -0.3 is 10.1 Å². The third-order valence-corrected chi connectivity index (χ3v) is 4.52. The van der Waals surface area contributed by atoms with Gasteiger partial charge in [-0.3, -0.25) is 0 Å². The van der Waals surface area contributed by atoms with Crippen LogP contribution in [0.25, 0.3) is 5.70 Å². The Morgan fingerprint density at radius 1 is 1.11 bits per heavy atom. The molecule has 2 heterocycles. The molecule has 0 saturated heterocycles. The number of fused-ring (bicyclic) bond motifs is 1. The lowest BCUT2D eigenvalue weighted by Gasteiger charge is -2.25. The topological polar surface area (TPSA) is 52.0 Å². The fraction of sp³-hybridized carbons (Fsp3) is 0.111. The highest BCUT2D eigenvalue weighted by Crippen LogP contribution is 2.37. The van der Waals surface area contributed by atoms with E-state index < -0.39 is 6.61 Å². The highest BCUT2D eigenvalue weighted by atomic mass is 35.5. The summed E-state index contributed by atoms with van der Waals surface area (Å²) in [4.78, 5) is 4.19. The van der Waals surface area contributed by atoms with Gasteiger partial charge in [-0.15, -0.1) is 0 Å². The summed E-state index contributed by atoms with van der Waals surface area (Å²) < 4.78 is 32.0. The van der Waals surface area contributed by atoms with Gasteiger partial charge in [0.2, 0.25) is 5.95 Å². The number of ether oxygens (including phenoxy) is 1. The zero-order valence-corrected chi connectivity index (χ0v) is 15.1. The number of nitrogens with zero attached hydrogens (tertiary/aromatic N) is 3. The van der Waals surface area contributed by atoms with Crippen LogP contribution in [0.1, 0.15) is 17.2 Å². The van der Waals surface area contributed by atoms with Crippen LogP contribution in [-0.2, 0) is 0 Å². The van der Waals surface area contributed by atoms with Gasteiger partial charge in [0, 0.05) is 15.6 Å². The number of nitrogens with one attached hydrogen (secondary N) is 1. The maximum Gasteiger partial charge on any atom is 0.387 e. The summed E-state index contributed by atoms with van der Waals surface area (Å²) in [6.45, 7) is -2.97. The zero-order valence-electron chi connectivity index (χ0n) is 13.6. The van der Waals surface area contributed by atoms with Crippen LogP contribution >= 0.6 is 23.2 Å². The molecule has 2 aromatic carbocycles. The predicted octanol–water partition coefficient (Wildman–Crippen LogP) is 5.24. The minimum absolute atomic E-state index is 0.0333. The Balaban J connectivity index is 1.82. The monoisotopic (exact) mass is 408 g/mol. The van der Waals surface area contributed by atoms with Crippen molar-refractivity contribution in [3.63, 3.8) is 0 Å². The highest BCUT2D eigenvalue weighted by molar-refractivity contribution is 6.31. The molecule has 0 amide bonds. The molecule has 0 aliphatic carbocycles. The molecule has 4 rings (SSSR count). The van der Waals surface area contributed by atoms with Gasteiger partial charge in [-0.25, -0.2) is 4.68 Å². The Bertz CT molecular complexity index is 1020. The Labute approximate surface area is 163 Å². The van der Waals surface area contributed by atoms with E-state index in [2.05, 4.69) is 20.1 Å². The molecule has 1 aliphatic rings. The van der Waals surface area contributed by atoms with E-state index in [1.165, 1.54) is 12.4 Å². The molecule has 27 heavy (non-hydrogen) atoms. The SMILES string of the molecule is FC(F)Oc1cc(Cl)ccc1C1=C[C@H](c2cccc(Cl)c2)n2ncnc2N1. The Morgan fingerprint density at radius 2 is 1.93 bits per heavy atom. The number of alkyl halides is 2.